The van der Waals surface area contributed by atoms with Crippen LogP contribution in [0.2, 0.25) is 0 Å². The molecule has 2 N–H and O–H groups in total. The molecule has 0 saturated carbocycles. The van der Waals surface area contributed by atoms with Crippen molar-refractivity contribution >= 4 is 22.5 Å². The molecule has 1 unspecified atom stereocenters. The van der Waals surface area contributed by atoms with E-state index in [0.717, 1.165) is 17.3 Å². The Hall–Kier alpha value is -1.68. The highest BCUT2D eigenvalue weighted by atomic mass is 32.2. The number of aromatic nitrogens is 1. The fraction of sp³-hybridized carbons (Fsp3) is 0.353. The van der Waals surface area contributed by atoms with Crippen LogP contribution in [0.4, 0.5) is 5.69 Å². The first kappa shape index (κ1) is 15.7. The van der Waals surface area contributed by atoms with Crippen molar-refractivity contribution in [2.45, 2.75) is 32.9 Å². The number of hydrogen-bond donors (Lipinski definition) is 1. The zero-order valence-corrected chi connectivity index (χ0v) is 13.9. The second kappa shape index (κ2) is 6.39. The lowest BCUT2D eigenvalue weighted by molar-refractivity contribution is 0.405. The van der Waals surface area contributed by atoms with Crippen molar-refractivity contribution < 1.29 is 0 Å². The third-order valence-corrected chi connectivity index (χ3v) is 4.26. The molecule has 0 fully saturated rings. The highest BCUT2D eigenvalue weighted by Crippen LogP contribution is 2.35. The van der Waals surface area contributed by atoms with Gasteiger partial charge in [0.05, 0.1) is 12.2 Å². The highest BCUT2D eigenvalue weighted by Gasteiger charge is 2.32. The zero-order valence-electron chi connectivity index (χ0n) is 13.1. The summed E-state index contributed by atoms with van der Waals surface area (Å²) in [7, 11) is 0. The minimum atomic E-state index is -0.250. The Morgan fingerprint density at radius 2 is 2.00 bits per heavy atom. The van der Waals surface area contributed by atoms with Gasteiger partial charge in [0, 0.05) is 11.9 Å². The number of nitrogens with two attached hydrogens (primary N) is 1. The number of anilines is 1. The molecule has 0 saturated heterocycles. The van der Waals surface area contributed by atoms with E-state index in [2.05, 4.69) is 42.1 Å². The second-order valence-electron chi connectivity index (χ2n) is 5.04. The van der Waals surface area contributed by atoms with Gasteiger partial charge in [0.2, 0.25) is 0 Å². The molecule has 0 aliphatic carbocycles. The van der Waals surface area contributed by atoms with Crippen molar-refractivity contribution in [3.05, 3.63) is 53.9 Å². The summed E-state index contributed by atoms with van der Waals surface area (Å²) in [6.45, 7) is 7.02. The molecule has 0 bridgehead atoms. The summed E-state index contributed by atoms with van der Waals surface area (Å²) in [6, 6.07) is 12.2. The van der Waals surface area contributed by atoms with Crippen molar-refractivity contribution in [3.8, 4) is 0 Å². The van der Waals surface area contributed by atoms with E-state index in [-0.39, 0.29) is 5.54 Å². The number of fused-ring (bicyclic) bond motifs is 1. The number of hydrogen-bond acceptors (Lipinski definition) is 3. The van der Waals surface area contributed by atoms with Gasteiger partial charge in [0.25, 0.3) is 0 Å². The maximum atomic E-state index is 5.91. The number of benzene rings is 1. The molecule has 21 heavy (non-hydrogen) atoms. The number of aliphatic imine (C=N–C) groups is 1. The summed E-state index contributed by atoms with van der Waals surface area (Å²) in [5, 5.41) is 1.08. The van der Waals surface area contributed by atoms with Crippen LogP contribution in [0.1, 0.15) is 32.0 Å². The first-order chi connectivity index (χ1) is 10.1. The van der Waals surface area contributed by atoms with Gasteiger partial charge >= 0.3 is 0 Å². The molecule has 4 heteroatoms. The molecule has 1 aliphatic heterocycles. The van der Waals surface area contributed by atoms with Crippen LogP contribution in [0.3, 0.4) is 0 Å². The van der Waals surface area contributed by atoms with Crippen LogP contribution < -0.4 is 5.73 Å². The van der Waals surface area contributed by atoms with Crippen molar-refractivity contribution in [2.75, 3.05) is 12.0 Å². The minimum Gasteiger partial charge on any atom is -0.399 e. The van der Waals surface area contributed by atoms with Gasteiger partial charge in [-0.05, 0) is 43.0 Å². The lowest BCUT2D eigenvalue weighted by Gasteiger charge is -2.32. The maximum Gasteiger partial charge on any atom is 0.115 e. The van der Waals surface area contributed by atoms with E-state index in [9.17, 15) is 0 Å². The Bertz CT molecular complexity index is 645. The lowest BCUT2D eigenvalue weighted by atomic mass is 9.91. The molecule has 112 valence electrons. The number of nitrogen functional groups attached to an aromatic ring is 1. The first-order valence-electron chi connectivity index (χ1n) is 7.28. The van der Waals surface area contributed by atoms with Crippen molar-refractivity contribution in [3.63, 3.8) is 0 Å². The molecule has 0 radical (unpaired) electrons. The van der Waals surface area contributed by atoms with Gasteiger partial charge in [-0.1, -0.05) is 26.0 Å². The van der Waals surface area contributed by atoms with Gasteiger partial charge in [0.1, 0.15) is 10.6 Å². The highest BCUT2D eigenvalue weighted by molar-refractivity contribution is 8.13. The SMILES string of the molecule is CC.CSC1=NC(C)(c2cccc(N)c2)Cn2cccc21. The van der Waals surface area contributed by atoms with E-state index >= 15 is 0 Å². The van der Waals surface area contributed by atoms with Crippen LogP contribution >= 0.6 is 11.8 Å². The third-order valence-electron chi connectivity index (χ3n) is 3.58. The van der Waals surface area contributed by atoms with E-state index in [0.29, 0.717) is 0 Å². The Morgan fingerprint density at radius 1 is 1.24 bits per heavy atom. The second-order valence-corrected chi connectivity index (χ2v) is 5.84. The normalized spacial score (nSPS) is 20.1. The molecule has 0 amide bonds. The average Bonchev–Trinajstić information content (AvgIpc) is 2.96. The third kappa shape index (κ3) is 3.00. The first-order valence-corrected chi connectivity index (χ1v) is 8.50. The summed E-state index contributed by atoms with van der Waals surface area (Å²) in [5.41, 5.74) is 8.81. The number of nitrogens with zero attached hydrogens (tertiary/aromatic N) is 2. The minimum absolute atomic E-state index is 0.250. The average molecular weight is 301 g/mol. The fourth-order valence-corrected chi connectivity index (χ4v) is 3.26. The van der Waals surface area contributed by atoms with Crippen LogP contribution in [0, 0.1) is 0 Å². The molecule has 1 aromatic heterocycles. The molecule has 3 nitrogen and oxygen atoms in total. The van der Waals surface area contributed by atoms with Gasteiger partial charge in [-0.25, -0.2) is 0 Å². The Kier molecular flexibility index (Phi) is 4.78. The molecule has 1 atom stereocenters. The number of thioether (sulfide) groups is 1. The van der Waals surface area contributed by atoms with Crippen LogP contribution in [0.5, 0.6) is 0 Å². The van der Waals surface area contributed by atoms with E-state index in [1.54, 1.807) is 11.8 Å². The summed E-state index contributed by atoms with van der Waals surface area (Å²) in [4.78, 5) is 4.96. The van der Waals surface area contributed by atoms with Crippen molar-refractivity contribution in [1.29, 1.82) is 0 Å². The fourth-order valence-electron chi connectivity index (χ4n) is 2.57. The monoisotopic (exact) mass is 301 g/mol. The van der Waals surface area contributed by atoms with Crippen LogP contribution in [0.25, 0.3) is 0 Å². The van der Waals surface area contributed by atoms with E-state index in [1.807, 2.05) is 32.0 Å². The van der Waals surface area contributed by atoms with E-state index in [1.165, 1.54) is 11.3 Å². The molecular weight excluding hydrogens is 278 g/mol. The Morgan fingerprint density at radius 3 is 2.67 bits per heavy atom. The predicted octanol–water partition coefficient (Wildman–Crippen LogP) is 4.14. The standard InChI is InChI=1S/C15H17N3S.C2H6/c1-15(11-5-3-6-12(16)9-11)10-18-8-4-7-13(18)14(17-15)19-2;1-2/h3-9H,10,16H2,1-2H3;1-2H3. The molecule has 1 aliphatic rings. The van der Waals surface area contributed by atoms with Gasteiger partial charge in [0.15, 0.2) is 0 Å². The summed E-state index contributed by atoms with van der Waals surface area (Å²) in [6.07, 6.45) is 4.19. The smallest absolute Gasteiger partial charge is 0.115 e. The Balaban J connectivity index is 0.000000774. The molecule has 2 aromatic rings. The molecular formula is C17H23N3S. The summed E-state index contributed by atoms with van der Waals surface area (Å²) >= 11 is 1.69. The van der Waals surface area contributed by atoms with Gasteiger partial charge < -0.3 is 10.3 Å². The van der Waals surface area contributed by atoms with E-state index < -0.39 is 0 Å². The molecule has 3 rings (SSSR count). The van der Waals surface area contributed by atoms with Gasteiger partial charge in [-0.15, -0.1) is 11.8 Å². The van der Waals surface area contributed by atoms with Crippen LogP contribution in [-0.4, -0.2) is 15.9 Å². The molecule has 2 heterocycles. The zero-order chi connectivity index (χ0) is 15.5. The van der Waals surface area contributed by atoms with Crippen molar-refractivity contribution in [2.24, 2.45) is 4.99 Å². The quantitative estimate of drug-likeness (QED) is 0.805. The van der Waals surface area contributed by atoms with Crippen molar-refractivity contribution in [1.82, 2.24) is 4.57 Å². The van der Waals surface area contributed by atoms with Gasteiger partial charge in [-0.2, -0.15) is 0 Å². The van der Waals surface area contributed by atoms with Gasteiger partial charge in [-0.3, -0.25) is 4.99 Å². The molecule has 1 aromatic carbocycles. The van der Waals surface area contributed by atoms with E-state index in [4.69, 9.17) is 10.7 Å². The summed E-state index contributed by atoms with van der Waals surface area (Å²) < 4.78 is 2.27. The summed E-state index contributed by atoms with van der Waals surface area (Å²) in [5.74, 6) is 0. The lowest BCUT2D eigenvalue weighted by Crippen LogP contribution is -2.32. The predicted molar refractivity (Wildman–Crippen MR) is 94.0 cm³/mol. The van der Waals surface area contributed by atoms with Crippen LogP contribution in [-0.2, 0) is 12.1 Å². The largest absolute Gasteiger partial charge is 0.399 e. The number of rotatable bonds is 1. The molecule has 0 spiro atoms. The van der Waals surface area contributed by atoms with Crippen LogP contribution in [0.15, 0.2) is 47.6 Å². The topological polar surface area (TPSA) is 43.3 Å². The Labute approximate surface area is 131 Å². The maximum absolute atomic E-state index is 5.91.